The monoisotopic (exact) mass is 463 g/mol. The zero-order valence-electron chi connectivity index (χ0n) is 18.2. The number of carbonyl (C=O) groups excluding carboxylic acids is 2. The molecule has 8 nitrogen and oxygen atoms in total. The zero-order valence-corrected chi connectivity index (χ0v) is 18.2. The topological polar surface area (TPSA) is 102 Å². The molecule has 1 aromatic carbocycles. The van der Waals surface area contributed by atoms with Gasteiger partial charge in [-0.25, -0.2) is 4.79 Å². The number of methoxy groups -OCH3 is 2. The SMILES string of the molecule is CCCCOC(=O)N(Cc1cc(OC)ccc1CC(CC(=O)O)C(=O)OC)CC(F)(F)F. The molecule has 0 fully saturated rings. The maximum Gasteiger partial charge on any atom is 0.410 e. The summed E-state index contributed by atoms with van der Waals surface area (Å²) in [6.07, 6.45) is -5.22. The average Bonchev–Trinajstić information content (AvgIpc) is 2.72. The molecule has 1 unspecified atom stereocenters. The van der Waals surface area contributed by atoms with Gasteiger partial charge in [-0.2, -0.15) is 13.2 Å². The van der Waals surface area contributed by atoms with Gasteiger partial charge in [0, 0.05) is 6.54 Å². The summed E-state index contributed by atoms with van der Waals surface area (Å²) in [4.78, 5) is 36.0. The van der Waals surface area contributed by atoms with E-state index in [2.05, 4.69) is 4.74 Å². The van der Waals surface area contributed by atoms with Gasteiger partial charge in [0.05, 0.1) is 33.2 Å². The molecule has 0 spiro atoms. The van der Waals surface area contributed by atoms with Crippen LogP contribution in [0, 0.1) is 5.92 Å². The number of hydrogen-bond acceptors (Lipinski definition) is 6. The van der Waals surface area contributed by atoms with E-state index in [0.717, 1.165) is 7.11 Å². The molecule has 32 heavy (non-hydrogen) atoms. The highest BCUT2D eigenvalue weighted by Gasteiger charge is 2.34. The Balaban J connectivity index is 3.25. The van der Waals surface area contributed by atoms with E-state index in [1.54, 1.807) is 0 Å². The molecule has 0 saturated carbocycles. The van der Waals surface area contributed by atoms with Crippen LogP contribution in [0.2, 0.25) is 0 Å². The molecule has 0 aliphatic heterocycles. The molecule has 0 aliphatic rings. The van der Waals surface area contributed by atoms with E-state index < -0.39 is 49.6 Å². The molecule has 1 N–H and O–H groups in total. The second-order valence-corrected chi connectivity index (χ2v) is 7.10. The molecule has 1 amide bonds. The van der Waals surface area contributed by atoms with Crippen molar-refractivity contribution in [3.05, 3.63) is 29.3 Å². The van der Waals surface area contributed by atoms with Crippen molar-refractivity contribution in [2.24, 2.45) is 5.92 Å². The Hall–Kier alpha value is -2.98. The molecular formula is C21H28F3NO7. The number of alkyl halides is 3. The first kappa shape index (κ1) is 27.1. The first-order valence-corrected chi connectivity index (χ1v) is 9.94. The van der Waals surface area contributed by atoms with E-state index in [4.69, 9.17) is 14.6 Å². The van der Waals surface area contributed by atoms with E-state index in [1.165, 1.54) is 25.3 Å². The van der Waals surface area contributed by atoms with Crippen LogP contribution in [-0.2, 0) is 32.0 Å². The summed E-state index contributed by atoms with van der Waals surface area (Å²) >= 11 is 0. The molecule has 0 aromatic heterocycles. The van der Waals surface area contributed by atoms with Gasteiger partial charge in [-0.15, -0.1) is 0 Å². The maximum atomic E-state index is 13.1. The molecule has 180 valence electrons. The van der Waals surface area contributed by atoms with E-state index in [0.29, 0.717) is 29.1 Å². The number of amides is 1. The Bertz CT molecular complexity index is 783. The number of nitrogens with zero attached hydrogens (tertiary/aromatic N) is 1. The second-order valence-electron chi connectivity index (χ2n) is 7.10. The van der Waals surface area contributed by atoms with Gasteiger partial charge in [-0.05, 0) is 36.1 Å². The van der Waals surface area contributed by atoms with Crippen LogP contribution in [0.25, 0.3) is 0 Å². The third kappa shape index (κ3) is 9.44. The van der Waals surface area contributed by atoms with Crippen molar-refractivity contribution < 1.29 is 46.9 Å². The number of carbonyl (C=O) groups is 3. The summed E-state index contributed by atoms with van der Waals surface area (Å²) in [5.41, 5.74) is 0.649. The van der Waals surface area contributed by atoms with Crippen LogP contribution in [-0.4, -0.2) is 61.6 Å². The summed E-state index contributed by atoms with van der Waals surface area (Å²) in [5.74, 6) is -2.73. The molecular weight excluding hydrogens is 435 g/mol. The van der Waals surface area contributed by atoms with Crippen molar-refractivity contribution in [3.63, 3.8) is 0 Å². The predicted octanol–water partition coefficient (Wildman–Crippen LogP) is 3.80. The summed E-state index contributed by atoms with van der Waals surface area (Å²) in [5, 5.41) is 9.08. The first-order valence-electron chi connectivity index (χ1n) is 9.94. The number of aliphatic carboxylic acids is 1. The lowest BCUT2D eigenvalue weighted by atomic mass is 9.92. The molecule has 0 bridgehead atoms. The number of ether oxygens (including phenoxy) is 3. The third-order valence-corrected chi connectivity index (χ3v) is 4.55. The minimum Gasteiger partial charge on any atom is -0.497 e. The van der Waals surface area contributed by atoms with E-state index in [1.807, 2.05) is 6.92 Å². The number of benzene rings is 1. The molecule has 0 saturated heterocycles. The normalized spacial score (nSPS) is 12.1. The predicted molar refractivity (Wildman–Crippen MR) is 107 cm³/mol. The number of hydrogen-bond donors (Lipinski definition) is 1. The number of halogens is 3. The highest BCUT2D eigenvalue weighted by atomic mass is 19.4. The van der Waals surface area contributed by atoms with Crippen molar-refractivity contribution in [1.82, 2.24) is 4.90 Å². The summed E-state index contributed by atoms with van der Waals surface area (Å²) in [6, 6.07) is 4.48. The minimum atomic E-state index is -4.67. The Morgan fingerprint density at radius 1 is 1.16 bits per heavy atom. The smallest absolute Gasteiger partial charge is 0.410 e. The van der Waals surface area contributed by atoms with Crippen molar-refractivity contribution in [2.75, 3.05) is 27.4 Å². The summed E-state index contributed by atoms with van der Waals surface area (Å²) in [7, 11) is 2.48. The van der Waals surface area contributed by atoms with E-state index in [-0.39, 0.29) is 18.6 Å². The Kier molecular flexibility index (Phi) is 10.8. The van der Waals surface area contributed by atoms with Gasteiger partial charge in [0.2, 0.25) is 0 Å². The highest BCUT2D eigenvalue weighted by Crippen LogP contribution is 2.26. The highest BCUT2D eigenvalue weighted by molar-refractivity contribution is 5.79. The van der Waals surface area contributed by atoms with Crippen LogP contribution >= 0.6 is 0 Å². The van der Waals surface area contributed by atoms with Crippen molar-refractivity contribution >= 4 is 18.0 Å². The molecule has 0 heterocycles. The van der Waals surface area contributed by atoms with E-state index in [9.17, 15) is 27.6 Å². The lowest BCUT2D eigenvalue weighted by Gasteiger charge is -2.25. The molecule has 0 aliphatic carbocycles. The van der Waals surface area contributed by atoms with Gasteiger partial charge >= 0.3 is 24.2 Å². The fraction of sp³-hybridized carbons (Fsp3) is 0.571. The summed E-state index contributed by atoms with van der Waals surface area (Å²) in [6.45, 7) is -0.182. The Labute approximate surface area is 184 Å². The molecule has 11 heteroatoms. The molecule has 0 radical (unpaired) electrons. The molecule has 1 atom stereocenters. The van der Waals surface area contributed by atoms with Gasteiger partial charge < -0.3 is 19.3 Å². The van der Waals surface area contributed by atoms with Crippen molar-refractivity contribution in [3.8, 4) is 5.75 Å². The Morgan fingerprint density at radius 2 is 1.84 bits per heavy atom. The number of carboxylic acids is 1. The average molecular weight is 463 g/mol. The lowest BCUT2D eigenvalue weighted by Crippen LogP contribution is -2.39. The van der Waals surface area contributed by atoms with Crippen molar-refractivity contribution in [1.29, 1.82) is 0 Å². The van der Waals surface area contributed by atoms with Gasteiger partial charge in [0.1, 0.15) is 12.3 Å². The van der Waals surface area contributed by atoms with Crippen LogP contribution < -0.4 is 4.74 Å². The quantitative estimate of drug-likeness (QED) is 0.372. The van der Waals surface area contributed by atoms with Gasteiger partial charge in [0.25, 0.3) is 0 Å². The molecule has 1 aromatic rings. The third-order valence-electron chi connectivity index (χ3n) is 4.55. The van der Waals surface area contributed by atoms with Crippen LogP contribution in [0.3, 0.4) is 0 Å². The van der Waals surface area contributed by atoms with Crippen LogP contribution in [0.1, 0.15) is 37.3 Å². The van der Waals surface area contributed by atoms with Crippen molar-refractivity contribution in [2.45, 2.75) is 45.3 Å². The molecule has 1 rings (SSSR count). The minimum absolute atomic E-state index is 0.0162. The zero-order chi connectivity index (χ0) is 24.3. The fourth-order valence-electron chi connectivity index (χ4n) is 2.96. The number of unbranched alkanes of at least 4 members (excludes halogenated alkanes) is 1. The van der Waals surface area contributed by atoms with Crippen LogP contribution in [0.4, 0.5) is 18.0 Å². The number of rotatable bonds is 12. The standard InChI is InChI=1S/C21H28F3NO7/c1-4-5-8-32-20(29)25(13-21(22,23)24)12-16-10-17(30-2)7-6-14(16)9-15(11-18(26)27)19(28)31-3/h6-7,10,15H,4-5,8-9,11-13H2,1-3H3,(H,26,27). The van der Waals surface area contributed by atoms with Crippen LogP contribution in [0.15, 0.2) is 18.2 Å². The lowest BCUT2D eigenvalue weighted by molar-refractivity contribution is -0.150. The second kappa shape index (κ2) is 12.8. The Morgan fingerprint density at radius 3 is 2.38 bits per heavy atom. The number of esters is 1. The van der Waals surface area contributed by atoms with E-state index >= 15 is 0 Å². The largest absolute Gasteiger partial charge is 0.497 e. The van der Waals surface area contributed by atoms with Gasteiger partial charge in [-0.1, -0.05) is 19.4 Å². The fourth-order valence-corrected chi connectivity index (χ4v) is 2.96. The van der Waals surface area contributed by atoms with Gasteiger partial charge in [-0.3, -0.25) is 14.5 Å². The summed E-state index contributed by atoms with van der Waals surface area (Å²) < 4.78 is 54.1. The van der Waals surface area contributed by atoms with Crippen LogP contribution in [0.5, 0.6) is 5.75 Å². The number of carboxylic acid groups (broad SMARTS) is 1. The van der Waals surface area contributed by atoms with Gasteiger partial charge in [0.15, 0.2) is 0 Å². The maximum absolute atomic E-state index is 13.1. The first-order chi connectivity index (χ1) is 15.0.